The van der Waals surface area contributed by atoms with E-state index in [-0.39, 0.29) is 36.6 Å². The molecule has 2 aliphatic heterocycles. The third-order valence-corrected chi connectivity index (χ3v) is 7.80. The molecule has 0 radical (unpaired) electrons. The van der Waals surface area contributed by atoms with Crippen molar-refractivity contribution >= 4 is 34.3 Å². The van der Waals surface area contributed by atoms with Crippen LogP contribution in [0.5, 0.6) is 0 Å². The zero-order valence-corrected chi connectivity index (χ0v) is 21.5. The quantitative estimate of drug-likeness (QED) is 0.556. The molecule has 190 valence electrons. The Balaban J connectivity index is 1.46. The van der Waals surface area contributed by atoms with E-state index < -0.39 is 17.5 Å². The summed E-state index contributed by atoms with van der Waals surface area (Å²) >= 11 is 0. The summed E-state index contributed by atoms with van der Waals surface area (Å²) in [6.45, 7) is 6.09. The molecule has 1 saturated heterocycles. The average Bonchev–Trinajstić information content (AvgIpc) is 3.56. The van der Waals surface area contributed by atoms with Gasteiger partial charge < -0.3 is 20.1 Å². The van der Waals surface area contributed by atoms with Crippen molar-refractivity contribution in [2.45, 2.75) is 51.1 Å². The number of hydrogen-bond acceptors (Lipinski definition) is 4. The number of aromatic amines is 1. The molecule has 3 amide bonds. The first-order valence-electron chi connectivity index (χ1n) is 12.6. The number of benzene rings is 2. The van der Waals surface area contributed by atoms with Crippen molar-refractivity contribution in [1.29, 1.82) is 5.26 Å². The maximum absolute atomic E-state index is 14.1. The molecule has 3 aromatic rings. The molecule has 8 nitrogen and oxygen atoms in total. The summed E-state index contributed by atoms with van der Waals surface area (Å²) in [5.41, 5.74) is 2.89. The van der Waals surface area contributed by atoms with Gasteiger partial charge in [-0.25, -0.2) is 0 Å². The van der Waals surface area contributed by atoms with Crippen LogP contribution in [0.3, 0.4) is 0 Å². The van der Waals surface area contributed by atoms with Crippen LogP contribution in [0.2, 0.25) is 0 Å². The van der Waals surface area contributed by atoms with E-state index in [2.05, 4.69) is 16.4 Å². The Morgan fingerprint density at radius 2 is 1.97 bits per heavy atom. The van der Waals surface area contributed by atoms with Crippen molar-refractivity contribution < 1.29 is 14.4 Å². The van der Waals surface area contributed by atoms with Gasteiger partial charge in [-0.15, -0.1) is 0 Å². The molecule has 8 heteroatoms. The number of carbonyl (C=O) groups excluding carboxylic acids is 3. The van der Waals surface area contributed by atoms with Gasteiger partial charge in [0.2, 0.25) is 11.8 Å². The van der Waals surface area contributed by atoms with Gasteiger partial charge in [0.05, 0.1) is 11.5 Å². The van der Waals surface area contributed by atoms with Gasteiger partial charge in [-0.3, -0.25) is 14.4 Å². The van der Waals surface area contributed by atoms with Crippen LogP contribution < -0.4 is 5.32 Å². The molecule has 0 aliphatic carbocycles. The minimum Gasteiger partial charge on any atom is -0.351 e. The van der Waals surface area contributed by atoms with Crippen LogP contribution in [0, 0.1) is 24.2 Å². The maximum Gasteiger partial charge on any atom is 0.270 e. The average molecular weight is 498 g/mol. The standard InChI is InChI=1S/C29H31N5O3/c1-17(2)12-25(33(4)26(35)24-13-20-18(3)8-7-11-22(20)31-24)27(36)34-16-29(14-19(34)15-30)21-9-5-6-10-23(21)32-28(29)37/h5-11,13,17,19,25,31H,12,14,16H2,1-4H3,(H,32,37)/t19-,25-,29-/m0/s1. The summed E-state index contributed by atoms with van der Waals surface area (Å²) in [6, 6.07) is 15.8. The van der Waals surface area contributed by atoms with Crippen LogP contribution in [0.15, 0.2) is 48.5 Å². The number of likely N-dealkylation sites (tertiary alicyclic amines) is 1. The third-order valence-electron chi connectivity index (χ3n) is 7.80. The second kappa shape index (κ2) is 9.07. The predicted molar refractivity (Wildman–Crippen MR) is 141 cm³/mol. The minimum absolute atomic E-state index is 0.106. The summed E-state index contributed by atoms with van der Waals surface area (Å²) < 4.78 is 0. The largest absolute Gasteiger partial charge is 0.351 e. The molecule has 2 N–H and O–H groups in total. The van der Waals surface area contributed by atoms with Crippen LogP contribution >= 0.6 is 0 Å². The van der Waals surface area contributed by atoms with Crippen molar-refractivity contribution in [3.8, 4) is 6.07 Å². The number of aryl methyl sites for hydroxylation is 1. The molecule has 1 aromatic heterocycles. The lowest BCUT2D eigenvalue weighted by Crippen LogP contribution is -2.52. The summed E-state index contributed by atoms with van der Waals surface area (Å²) in [5.74, 6) is -0.664. The molecule has 0 unspecified atom stereocenters. The van der Waals surface area contributed by atoms with E-state index in [1.165, 1.54) is 9.80 Å². The smallest absolute Gasteiger partial charge is 0.270 e. The second-order valence-corrected chi connectivity index (χ2v) is 10.7. The first-order valence-corrected chi connectivity index (χ1v) is 12.6. The highest BCUT2D eigenvalue weighted by molar-refractivity contribution is 6.07. The molecular formula is C29H31N5O3. The predicted octanol–water partition coefficient (Wildman–Crippen LogP) is 3.98. The van der Waals surface area contributed by atoms with E-state index >= 15 is 0 Å². The Morgan fingerprint density at radius 1 is 1.22 bits per heavy atom. The Morgan fingerprint density at radius 3 is 2.68 bits per heavy atom. The number of likely N-dealkylation sites (N-methyl/N-ethyl adjacent to an activating group) is 1. The van der Waals surface area contributed by atoms with Crippen LogP contribution in [0.4, 0.5) is 5.69 Å². The fraction of sp³-hybridized carbons (Fsp3) is 0.379. The zero-order valence-electron chi connectivity index (χ0n) is 21.5. The SMILES string of the molecule is Cc1cccc2[nH]c(C(=O)N(C)[C@@H](CC(C)C)C(=O)N3C[C@]4(C[C@H]3C#N)C(=O)Nc3ccccc34)cc12. The molecule has 0 saturated carbocycles. The fourth-order valence-electron chi connectivity index (χ4n) is 5.80. The molecule has 1 spiro atoms. The molecule has 3 heterocycles. The van der Waals surface area contributed by atoms with Crippen LogP contribution in [0.25, 0.3) is 10.9 Å². The van der Waals surface area contributed by atoms with Crippen molar-refractivity contribution in [1.82, 2.24) is 14.8 Å². The van der Waals surface area contributed by atoms with Gasteiger partial charge in [-0.05, 0) is 48.6 Å². The number of para-hydroxylation sites is 1. The highest BCUT2D eigenvalue weighted by Crippen LogP contribution is 2.46. The maximum atomic E-state index is 14.1. The summed E-state index contributed by atoms with van der Waals surface area (Å²) in [6.07, 6.45) is 0.663. The molecule has 2 aliphatic rings. The lowest BCUT2D eigenvalue weighted by molar-refractivity contribution is -0.136. The molecular weight excluding hydrogens is 466 g/mol. The number of H-pyrrole nitrogens is 1. The summed E-state index contributed by atoms with van der Waals surface area (Å²) in [4.78, 5) is 46.9. The second-order valence-electron chi connectivity index (χ2n) is 10.7. The normalized spacial score (nSPS) is 21.2. The van der Waals surface area contributed by atoms with Crippen molar-refractivity contribution in [3.63, 3.8) is 0 Å². The van der Waals surface area contributed by atoms with Crippen molar-refractivity contribution in [3.05, 3.63) is 65.4 Å². The van der Waals surface area contributed by atoms with E-state index in [1.807, 2.05) is 69.3 Å². The van der Waals surface area contributed by atoms with Gasteiger partial charge in [0.15, 0.2) is 0 Å². The van der Waals surface area contributed by atoms with Crippen LogP contribution in [-0.2, 0) is 15.0 Å². The lowest BCUT2D eigenvalue weighted by atomic mass is 9.80. The third kappa shape index (κ3) is 3.95. The van der Waals surface area contributed by atoms with Gasteiger partial charge in [0.1, 0.15) is 17.8 Å². The number of aromatic nitrogens is 1. The van der Waals surface area contributed by atoms with E-state index in [4.69, 9.17) is 0 Å². The van der Waals surface area contributed by atoms with Crippen LogP contribution in [-0.4, -0.2) is 58.2 Å². The van der Waals surface area contributed by atoms with Crippen LogP contribution in [0.1, 0.15) is 48.3 Å². The number of hydrogen-bond donors (Lipinski definition) is 2. The Hall–Kier alpha value is -4.12. The highest BCUT2D eigenvalue weighted by atomic mass is 16.2. The summed E-state index contributed by atoms with van der Waals surface area (Å²) in [5, 5.41) is 13.9. The molecule has 1 fully saturated rings. The Bertz CT molecular complexity index is 1450. The first kappa shape index (κ1) is 24.6. The van der Waals surface area contributed by atoms with Crippen molar-refractivity contribution in [2.24, 2.45) is 5.92 Å². The minimum atomic E-state index is -0.966. The highest BCUT2D eigenvalue weighted by Gasteiger charge is 2.56. The van der Waals surface area contributed by atoms with Gasteiger partial charge in [0.25, 0.3) is 5.91 Å². The first-order chi connectivity index (χ1) is 17.7. The van der Waals surface area contributed by atoms with E-state index in [9.17, 15) is 19.6 Å². The number of carbonyl (C=O) groups is 3. The number of fused-ring (bicyclic) bond motifs is 3. The zero-order chi connectivity index (χ0) is 26.5. The van der Waals surface area contributed by atoms with E-state index in [0.29, 0.717) is 12.1 Å². The Kier molecular flexibility index (Phi) is 6.03. The number of nitrogens with zero attached hydrogens (tertiary/aromatic N) is 3. The number of anilines is 1. The lowest BCUT2D eigenvalue weighted by Gasteiger charge is -2.33. The monoisotopic (exact) mass is 497 g/mol. The number of amides is 3. The number of rotatable bonds is 5. The van der Waals surface area contributed by atoms with E-state index in [1.54, 1.807) is 7.05 Å². The summed E-state index contributed by atoms with van der Waals surface area (Å²) in [7, 11) is 1.64. The Labute approximate surface area is 216 Å². The van der Waals surface area contributed by atoms with Crippen molar-refractivity contribution in [2.75, 3.05) is 18.9 Å². The molecule has 37 heavy (non-hydrogen) atoms. The van der Waals surface area contributed by atoms with E-state index in [0.717, 1.165) is 27.7 Å². The molecule has 2 aromatic carbocycles. The topological polar surface area (TPSA) is 109 Å². The molecule has 3 atom stereocenters. The number of nitrogens with one attached hydrogen (secondary N) is 2. The van der Waals surface area contributed by atoms with Gasteiger partial charge in [-0.2, -0.15) is 5.26 Å². The van der Waals surface area contributed by atoms with Gasteiger partial charge in [-0.1, -0.05) is 44.2 Å². The van der Waals surface area contributed by atoms with Gasteiger partial charge >= 0.3 is 0 Å². The number of nitriles is 1. The molecule has 0 bridgehead atoms. The van der Waals surface area contributed by atoms with Gasteiger partial charge in [0, 0.05) is 36.6 Å². The fourth-order valence-corrected chi connectivity index (χ4v) is 5.80. The molecule has 5 rings (SSSR count).